The van der Waals surface area contributed by atoms with Crippen LogP contribution in [0.5, 0.6) is 11.5 Å². The standard InChI is InChI=1S/C28H30O4/c1-30-24-12-10-23(11-13-24)28(17-18-32-20-21-7-4-3-5-8-21)16-6-9-22-19-25(31-2)14-15-26(22)27(28)29/h3-5,7-8,10-15,19H,6,9,16-18,20H2,1-2H3. The zero-order valence-corrected chi connectivity index (χ0v) is 18.8. The van der Waals surface area contributed by atoms with Gasteiger partial charge in [0.25, 0.3) is 0 Å². The lowest BCUT2D eigenvalue weighted by molar-refractivity contribution is 0.0734. The van der Waals surface area contributed by atoms with Crippen LogP contribution in [-0.2, 0) is 23.2 Å². The van der Waals surface area contributed by atoms with Crippen molar-refractivity contribution in [3.05, 3.63) is 95.1 Å². The van der Waals surface area contributed by atoms with Gasteiger partial charge in [0.2, 0.25) is 0 Å². The Balaban J connectivity index is 1.63. The Morgan fingerprint density at radius 3 is 2.31 bits per heavy atom. The molecule has 0 heterocycles. The fourth-order valence-corrected chi connectivity index (χ4v) is 4.66. The number of ketones is 1. The highest BCUT2D eigenvalue weighted by atomic mass is 16.5. The second kappa shape index (κ2) is 10.0. The third-order valence-electron chi connectivity index (χ3n) is 6.47. The molecule has 1 aliphatic rings. The molecule has 4 nitrogen and oxygen atoms in total. The summed E-state index contributed by atoms with van der Waals surface area (Å²) >= 11 is 0. The highest BCUT2D eigenvalue weighted by Gasteiger charge is 2.42. The van der Waals surface area contributed by atoms with Gasteiger partial charge in [0.1, 0.15) is 11.5 Å². The molecule has 4 heteroatoms. The summed E-state index contributed by atoms with van der Waals surface area (Å²) in [7, 11) is 3.31. The first-order valence-corrected chi connectivity index (χ1v) is 11.1. The molecule has 1 unspecified atom stereocenters. The third kappa shape index (κ3) is 4.56. The Bertz CT molecular complexity index is 1040. The topological polar surface area (TPSA) is 44.8 Å². The van der Waals surface area contributed by atoms with E-state index in [2.05, 4.69) is 12.1 Å². The molecule has 4 rings (SSSR count). The summed E-state index contributed by atoms with van der Waals surface area (Å²) in [6.45, 7) is 1.06. The van der Waals surface area contributed by atoms with Crippen molar-refractivity contribution in [3.8, 4) is 11.5 Å². The summed E-state index contributed by atoms with van der Waals surface area (Å²) in [5.74, 6) is 1.75. The average Bonchev–Trinajstić information content (AvgIpc) is 2.99. The predicted molar refractivity (Wildman–Crippen MR) is 126 cm³/mol. The molecule has 0 N–H and O–H groups in total. The van der Waals surface area contributed by atoms with E-state index in [1.807, 2.05) is 60.7 Å². The van der Waals surface area contributed by atoms with Crippen molar-refractivity contribution in [2.45, 2.75) is 37.7 Å². The van der Waals surface area contributed by atoms with Crippen molar-refractivity contribution in [3.63, 3.8) is 0 Å². The lowest BCUT2D eigenvalue weighted by atomic mass is 9.70. The van der Waals surface area contributed by atoms with Crippen molar-refractivity contribution in [1.29, 1.82) is 0 Å². The summed E-state index contributed by atoms with van der Waals surface area (Å²) < 4.78 is 16.8. The molecule has 3 aromatic carbocycles. The molecule has 0 aliphatic heterocycles. The van der Waals surface area contributed by atoms with Gasteiger partial charge in [-0.3, -0.25) is 4.79 Å². The molecule has 3 aromatic rings. The van der Waals surface area contributed by atoms with Gasteiger partial charge in [-0.15, -0.1) is 0 Å². The summed E-state index contributed by atoms with van der Waals surface area (Å²) in [6.07, 6.45) is 3.21. The Labute approximate surface area is 190 Å². The third-order valence-corrected chi connectivity index (χ3v) is 6.47. The summed E-state index contributed by atoms with van der Waals surface area (Å²) in [5.41, 5.74) is 3.39. The number of hydrogen-bond acceptors (Lipinski definition) is 4. The summed E-state index contributed by atoms with van der Waals surface area (Å²) in [4.78, 5) is 14.0. The van der Waals surface area contributed by atoms with Gasteiger partial charge in [-0.05, 0) is 72.7 Å². The molecule has 32 heavy (non-hydrogen) atoms. The van der Waals surface area contributed by atoms with E-state index in [9.17, 15) is 4.79 Å². The number of rotatable bonds is 8. The molecule has 1 aliphatic carbocycles. The fourth-order valence-electron chi connectivity index (χ4n) is 4.66. The van der Waals surface area contributed by atoms with E-state index in [1.54, 1.807) is 14.2 Å². The first kappa shape index (κ1) is 22.1. The van der Waals surface area contributed by atoms with Gasteiger partial charge in [-0.25, -0.2) is 0 Å². The van der Waals surface area contributed by atoms with Gasteiger partial charge in [0.05, 0.1) is 26.2 Å². The smallest absolute Gasteiger partial charge is 0.173 e. The lowest BCUT2D eigenvalue weighted by Gasteiger charge is -2.32. The first-order valence-electron chi connectivity index (χ1n) is 11.1. The molecular formula is C28H30O4. The van der Waals surface area contributed by atoms with E-state index in [-0.39, 0.29) is 5.78 Å². The van der Waals surface area contributed by atoms with E-state index in [0.717, 1.165) is 53.0 Å². The average molecular weight is 431 g/mol. The van der Waals surface area contributed by atoms with Crippen LogP contribution in [0.1, 0.15) is 46.3 Å². The number of hydrogen-bond donors (Lipinski definition) is 0. The first-order chi connectivity index (χ1) is 15.7. The zero-order chi connectivity index (χ0) is 22.4. The molecule has 0 amide bonds. The second-order valence-electron chi connectivity index (χ2n) is 8.30. The second-order valence-corrected chi connectivity index (χ2v) is 8.30. The number of carbonyl (C=O) groups excluding carboxylic acids is 1. The minimum Gasteiger partial charge on any atom is -0.497 e. The van der Waals surface area contributed by atoms with E-state index in [4.69, 9.17) is 14.2 Å². The molecule has 0 saturated carbocycles. The molecular weight excluding hydrogens is 400 g/mol. The number of fused-ring (bicyclic) bond motifs is 1. The normalized spacial score (nSPS) is 18.0. The Morgan fingerprint density at radius 1 is 0.875 bits per heavy atom. The predicted octanol–water partition coefficient (Wildman–Crippen LogP) is 5.77. The van der Waals surface area contributed by atoms with Crippen molar-refractivity contribution in [2.24, 2.45) is 0 Å². The quantitative estimate of drug-likeness (QED) is 0.336. The van der Waals surface area contributed by atoms with Crippen LogP contribution in [0, 0.1) is 0 Å². The SMILES string of the molecule is COc1ccc(C2(CCOCc3ccccc3)CCCc3cc(OC)ccc3C2=O)cc1. The van der Waals surface area contributed by atoms with Gasteiger partial charge < -0.3 is 14.2 Å². The summed E-state index contributed by atoms with van der Waals surface area (Å²) in [6, 6.07) is 23.9. The number of benzene rings is 3. The number of aryl methyl sites for hydroxylation is 1. The molecule has 0 aromatic heterocycles. The molecule has 0 spiro atoms. The maximum atomic E-state index is 14.0. The zero-order valence-electron chi connectivity index (χ0n) is 18.8. The minimum atomic E-state index is -0.622. The number of Topliss-reactive ketones (excluding diaryl/α,β-unsaturated/α-hetero) is 1. The molecule has 0 fully saturated rings. The molecule has 0 bridgehead atoms. The van der Waals surface area contributed by atoms with Gasteiger partial charge in [-0.2, -0.15) is 0 Å². The summed E-state index contributed by atoms with van der Waals surface area (Å²) in [5, 5.41) is 0. The number of methoxy groups -OCH3 is 2. The minimum absolute atomic E-state index is 0.168. The van der Waals surface area contributed by atoms with Gasteiger partial charge in [0.15, 0.2) is 5.78 Å². The van der Waals surface area contributed by atoms with Crippen LogP contribution >= 0.6 is 0 Å². The van der Waals surface area contributed by atoms with Crippen molar-refractivity contribution in [2.75, 3.05) is 20.8 Å². The molecule has 0 saturated heterocycles. The van der Waals surface area contributed by atoms with E-state index in [0.29, 0.717) is 19.6 Å². The monoisotopic (exact) mass is 430 g/mol. The molecule has 0 radical (unpaired) electrons. The van der Waals surface area contributed by atoms with Crippen LogP contribution < -0.4 is 9.47 Å². The van der Waals surface area contributed by atoms with Gasteiger partial charge >= 0.3 is 0 Å². The largest absolute Gasteiger partial charge is 0.497 e. The maximum Gasteiger partial charge on any atom is 0.173 e. The van der Waals surface area contributed by atoms with Gasteiger partial charge in [0, 0.05) is 12.2 Å². The van der Waals surface area contributed by atoms with E-state index in [1.165, 1.54) is 0 Å². The van der Waals surface area contributed by atoms with Crippen LogP contribution in [0.2, 0.25) is 0 Å². The van der Waals surface area contributed by atoms with Crippen LogP contribution in [0.3, 0.4) is 0 Å². The molecule has 166 valence electrons. The van der Waals surface area contributed by atoms with Crippen LogP contribution in [0.15, 0.2) is 72.8 Å². The van der Waals surface area contributed by atoms with E-state index >= 15 is 0 Å². The maximum absolute atomic E-state index is 14.0. The molecule has 1 atom stereocenters. The van der Waals surface area contributed by atoms with Crippen molar-refractivity contribution in [1.82, 2.24) is 0 Å². The Kier molecular flexibility index (Phi) is 6.91. The Hall–Kier alpha value is -3.11. The van der Waals surface area contributed by atoms with Crippen LogP contribution in [0.25, 0.3) is 0 Å². The van der Waals surface area contributed by atoms with Crippen LogP contribution in [-0.4, -0.2) is 26.6 Å². The van der Waals surface area contributed by atoms with Crippen molar-refractivity contribution >= 4 is 5.78 Å². The lowest BCUT2D eigenvalue weighted by Crippen LogP contribution is -2.37. The number of ether oxygens (including phenoxy) is 3. The van der Waals surface area contributed by atoms with E-state index < -0.39 is 5.41 Å². The fraction of sp³-hybridized carbons (Fsp3) is 0.321. The Morgan fingerprint density at radius 2 is 1.59 bits per heavy atom. The van der Waals surface area contributed by atoms with Crippen LogP contribution in [0.4, 0.5) is 0 Å². The highest BCUT2D eigenvalue weighted by molar-refractivity contribution is 6.05. The van der Waals surface area contributed by atoms with Crippen molar-refractivity contribution < 1.29 is 19.0 Å². The highest BCUT2D eigenvalue weighted by Crippen LogP contribution is 2.41. The van der Waals surface area contributed by atoms with Gasteiger partial charge in [-0.1, -0.05) is 42.5 Å². The number of carbonyl (C=O) groups is 1.